The van der Waals surface area contributed by atoms with Gasteiger partial charge in [-0.25, -0.2) is 4.39 Å². The molecular weight excluding hydrogens is 546 g/mol. The van der Waals surface area contributed by atoms with Crippen LogP contribution in [0.1, 0.15) is 18.7 Å². The Morgan fingerprint density at radius 2 is 2.00 bits per heavy atom. The van der Waals surface area contributed by atoms with Gasteiger partial charge in [-0.3, -0.25) is 4.99 Å². The number of anilines is 1. The molecule has 0 spiro atoms. The van der Waals surface area contributed by atoms with Crippen LogP contribution >= 0.6 is 35.6 Å². The molecule has 1 aliphatic heterocycles. The molecule has 2 heterocycles. The van der Waals surface area contributed by atoms with Crippen molar-refractivity contribution in [2.45, 2.75) is 25.4 Å². The standard InChI is InChI=1S/C22H24ClFN6O.HI/c1-25-22(26-14-20-28-21(29-31-20)15-4-2-5-16(23)12-15)27-18-8-10-30(11-9-18)19-7-3-6-17(24)13-19;/h2-7,12-13,18H,8-11,14H2,1H3,(H2,25,26,27);1H. The van der Waals surface area contributed by atoms with Gasteiger partial charge in [0, 0.05) is 42.5 Å². The van der Waals surface area contributed by atoms with E-state index in [0.717, 1.165) is 37.2 Å². The molecule has 1 aliphatic rings. The number of guanidine groups is 1. The van der Waals surface area contributed by atoms with Gasteiger partial charge in [-0.05, 0) is 43.2 Å². The second-order valence-corrected chi connectivity index (χ2v) is 7.77. The van der Waals surface area contributed by atoms with Gasteiger partial charge in [-0.15, -0.1) is 24.0 Å². The number of nitrogens with zero attached hydrogens (tertiary/aromatic N) is 4. The van der Waals surface area contributed by atoms with Crippen molar-refractivity contribution in [3.8, 4) is 11.4 Å². The van der Waals surface area contributed by atoms with Crippen molar-refractivity contribution in [3.63, 3.8) is 0 Å². The molecular formula is C22H25ClFIN6O. The van der Waals surface area contributed by atoms with Crippen LogP contribution < -0.4 is 15.5 Å². The maximum Gasteiger partial charge on any atom is 0.246 e. The fourth-order valence-electron chi connectivity index (χ4n) is 3.57. The van der Waals surface area contributed by atoms with Gasteiger partial charge in [-0.2, -0.15) is 4.98 Å². The predicted octanol–water partition coefficient (Wildman–Crippen LogP) is 4.48. The number of aromatic nitrogens is 2. The highest BCUT2D eigenvalue weighted by Crippen LogP contribution is 2.21. The fraction of sp³-hybridized carbons (Fsp3) is 0.318. The van der Waals surface area contributed by atoms with Crippen LogP contribution in [0.25, 0.3) is 11.4 Å². The molecule has 10 heteroatoms. The Morgan fingerprint density at radius 1 is 1.22 bits per heavy atom. The Bertz CT molecular complexity index is 1050. The Labute approximate surface area is 208 Å². The molecule has 4 rings (SSSR count). The fourth-order valence-corrected chi connectivity index (χ4v) is 3.76. The zero-order valence-corrected chi connectivity index (χ0v) is 20.7. The zero-order chi connectivity index (χ0) is 21.6. The van der Waals surface area contributed by atoms with Crippen molar-refractivity contribution < 1.29 is 8.91 Å². The molecule has 7 nitrogen and oxygen atoms in total. The lowest BCUT2D eigenvalue weighted by Crippen LogP contribution is -2.48. The van der Waals surface area contributed by atoms with Gasteiger partial charge >= 0.3 is 0 Å². The van der Waals surface area contributed by atoms with E-state index in [1.165, 1.54) is 6.07 Å². The Kier molecular flexibility index (Phi) is 8.68. The maximum atomic E-state index is 13.5. The zero-order valence-electron chi connectivity index (χ0n) is 17.6. The van der Waals surface area contributed by atoms with Crippen molar-refractivity contribution in [2.24, 2.45) is 4.99 Å². The molecule has 1 saturated heterocycles. The highest BCUT2D eigenvalue weighted by molar-refractivity contribution is 14.0. The van der Waals surface area contributed by atoms with E-state index < -0.39 is 0 Å². The third-order valence-corrected chi connectivity index (χ3v) is 5.43. The summed E-state index contributed by atoms with van der Waals surface area (Å²) in [6, 6.07) is 14.3. The van der Waals surface area contributed by atoms with Crippen LogP contribution in [0, 0.1) is 5.82 Å². The van der Waals surface area contributed by atoms with Crippen LogP contribution in [0.15, 0.2) is 58.0 Å². The molecule has 3 aromatic rings. The number of aliphatic imine (C=N–C) groups is 1. The summed E-state index contributed by atoms with van der Waals surface area (Å²) in [5, 5.41) is 11.3. The predicted molar refractivity (Wildman–Crippen MR) is 135 cm³/mol. The lowest BCUT2D eigenvalue weighted by atomic mass is 10.0. The number of hydrogen-bond donors (Lipinski definition) is 2. The summed E-state index contributed by atoms with van der Waals surface area (Å²) in [4.78, 5) is 10.9. The third kappa shape index (κ3) is 6.32. The van der Waals surface area contributed by atoms with Crippen LogP contribution in [-0.4, -0.2) is 42.3 Å². The summed E-state index contributed by atoms with van der Waals surface area (Å²) in [6.45, 7) is 2.06. The summed E-state index contributed by atoms with van der Waals surface area (Å²) in [7, 11) is 1.72. The maximum absolute atomic E-state index is 13.5. The minimum absolute atomic E-state index is 0. The van der Waals surface area contributed by atoms with Gasteiger partial charge in [0.2, 0.25) is 11.7 Å². The van der Waals surface area contributed by atoms with Crippen LogP contribution in [0.2, 0.25) is 5.02 Å². The molecule has 170 valence electrons. The molecule has 0 aliphatic carbocycles. The highest BCUT2D eigenvalue weighted by atomic mass is 127. The second-order valence-electron chi connectivity index (χ2n) is 7.33. The van der Waals surface area contributed by atoms with Gasteiger partial charge in [0.05, 0.1) is 6.54 Å². The van der Waals surface area contributed by atoms with E-state index in [9.17, 15) is 4.39 Å². The van der Waals surface area contributed by atoms with Crippen LogP contribution in [0.3, 0.4) is 0 Å². The average molecular weight is 571 g/mol. The Hall–Kier alpha value is -2.40. The van der Waals surface area contributed by atoms with Crippen LogP contribution in [0.5, 0.6) is 0 Å². The van der Waals surface area contributed by atoms with Crippen molar-refractivity contribution in [1.29, 1.82) is 0 Å². The lowest BCUT2D eigenvalue weighted by Gasteiger charge is -2.34. The van der Waals surface area contributed by atoms with Crippen molar-refractivity contribution >= 4 is 47.2 Å². The van der Waals surface area contributed by atoms with Gasteiger partial charge in [0.15, 0.2) is 5.96 Å². The van der Waals surface area contributed by atoms with Gasteiger partial charge < -0.3 is 20.1 Å². The SMILES string of the molecule is CN=C(NCc1nc(-c2cccc(Cl)c2)no1)NC1CCN(c2cccc(F)c2)CC1.I. The molecule has 0 saturated carbocycles. The van der Waals surface area contributed by atoms with Crippen molar-refractivity contribution in [3.05, 3.63) is 65.3 Å². The monoisotopic (exact) mass is 570 g/mol. The Morgan fingerprint density at radius 3 is 2.72 bits per heavy atom. The van der Waals surface area contributed by atoms with E-state index in [1.54, 1.807) is 31.3 Å². The summed E-state index contributed by atoms with van der Waals surface area (Å²) >= 11 is 6.02. The first kappa shape index (κ1) is 24.2. The lowest BCUT2D eigenvalue weighted by molar-refractivity contribution is 0.374. The molecule has 0 bridgehead atoms. The molecule has 2 aromatic carbocycles. The number of piperidine rings is 1. The van der Waals surface area contributed by atoms with Gasteiger partial charge in [0.1, 0.15) is 5.82 Å². The van der Waals surface area contributed by atoms with Crippen LogP contribution in [0.4, 0.5) is 10.1 Å². The molecule has 0 amide bonds. The largest absolute Gasteiger partial charge is 0.371 e. The number of rotatable bonds is 5. The third-order valence-electron chi connectivity index (χ3n) is 5.19. The minimum Gasteiger partial charge on any atom is -0.371 e. The molecule has 1 fully saturated rings. The normalized spacial score (nSPS) is 14.7. The summed E-state index contributed by atoms with van der Waals surface area (Å²) < 4.78 is 18.8. The molecule has 2 N–H and O–H groups in total. The minimum atomic E-state index is -0.207. The second kappa shape index (κ2) is 11.5. The summed E-state index contributed by atoms with van der Waals surface area (Å²) in [5.74, 6) is 1.42. The first-order valence-electron chi connectivity index (χ1n) is 10.2. The van der Waals surface area contributed by atoms with E-state index in [4.69, 9.17) is 16.1 Å². The topological polar surface area (TPSA) is 78.6 Å². The quantitative estimate of drug-likeness (QED) is 0.268. The van der Waals surface area contributed by atoms with E-state index in [2.05, 4.69) is 30.7 Å². The van der Waals surface area contributed by atoms with Gasteiger partial charge in [-0.1, -0.05) is 35.0 Å². The first-order valence-corrected chi connectivity index (χ1v) is 10.5. The van der Waals surface area contributed by atoms with Crippen molar-refractivity contribution in [1.82, 2.24) is 20.8 Å². The van der Waals surface area contributed by atoms with E-state index in [1.807, 2.05) is 18.2 Å². The highest BCUT2D eigenvalue weighted by Gasteiger charge is 2.20. The smallest absolute Gasteiger partial charge is 0.246 e. The molecule has 32 heavy (non-hydrogen) atoms. The molecule has 0 radical (unpaired) electrons. The van der Waals surface area contributed by atoms with E-state index in [0.29, 0.717) is 29.2 Å². The Balaban J connectivity index is 0.00000289. The average Bonchev–Trinajstić information content (AvgIpc) is 3.26. The number of hydrogen-bond acceptors (Lipinski definition) is 5. The van der Waals surface area contributed by atoms with Crippen molar-refractivity contribution in [2.75, 3.05) is 25.0 Å². The van der Waals surface area contributed by atoms with E-state index >= 15 is 0 Å². The molecule has 0 unspecified atom stereocenters. The first-order chi connectivity index (χ1) is 15.1. The summed E-state index contributed by atoms with van der Waals surface area (Å²) in [5.41, 5.74) is 1.72. The van der Waals surface area contributed by atoms with E-state index in [-0.39, 0.29) is 35.8 Å². The number of halogens is 3. The summed E-state index contributed by atoms with van der Waals surface area (Å²) in [6.07, 6.45) is 1.85. The number of benzene rings is 2. The molecule has 1 aromatic heterocycles. The number of nitrogens with one attached hydrogen (secondary N) is 2. The molecule has 0 atom stereocenters. The van der Waals surface area contributed by atoms with Crippen LogP contribution in [-0.2, 0) is 6.54 Å². The van der Waals surface area contributed by atoms with Gasteiger partial charge in [0.25, 0.3) is 0 Å².